The minimum Gasteiger partial charge on any atom is -0.511 e. The molecule has 5 nitrogen and oxygen atoms in total. The fourth-order valence-corrected chi connectivity index (χ4v) is 1.73. The van der Waals surface area contributed by atoms with Gasteiger partial charge in [0, 0.05) is 12.8 Å². The third-order valence-corrected chi connectivity index (χ3v) is 2.64. The fraction of sp³-hybridized carbons (Fsp3) is 0.333. The summed E-state index contributed by atoms with van der Waals surface area (Å²) in [4.78, 5) is 23.6. The molecule has 1 aromatic rings. The monoisotopic (exact) mass is 232 g/mol. The van der Waals surface area contributed by atoms with Gasteiger partial charge in [0.1, 0.15) is 17.0 Å². The molecule has 5 heteroatoms. The Morgan fingerprint density at radius 1 is 1.29 bits per heavy atom. The van der Waals surface area contributed by atoms with Gasteiger partial charge in [0.2, 0.25) is 5.78 Å². The predicted octanol–water partition coefficient (Wildman–Crippen LogP) is 1.53. The molecule has 1 aromatic heterocycles. The standard InChI is InChI=1S/C12H12N2O3/c1-7-5-6-8(14-13-7)12(17)11-9(15)3-2-4-10(11)16/h5-6,15H,2-4H2,1H3. The number of aliphatic hydroxyl groups is 1. The largest absolute Gasteiger partial charge is 0.511 e. The lowest BCUT2D eigenvalue weighted by molar-refractivity contribution is -0.116. The van der Waals surface area contributed by atoms with Crippen LogP contribution in [0.25, 0.3) is 0 Å². The summed E-state index contributed by atoms with van der Waals surface area (Å²) in [5, 5.41) is 17.1. The zero-order valence-electron chi connectivity index (χ0n) is 9.43. The van der Waals surface area contributed by atoms with Gasteiger partial charge < -0.3 is 5.11 Å². The molecule has 2 rings (SSSR count). The van der Waals surface area contributed by atoms with Crippen molar-refractivity contribution in [1.82, 2.24) is 10.2 Å². The van der Waals surface area contributed by atoms with E-state index in [0.29, 0.717) is 25.0 Å². The second-order valence-corrected chi connectivity index (χ2v) is 3.99. The van der Waals surface area contributed by atoms with E-state index in [2.05, 4.69) is 10.2 Å². The molecule has 0 bridgehead atoms. The molecule has 0 atom stereocenters. The van der Waals surface area contributed by atoms with Crippen LogP contribution < -0.4 is 0 Å². The van der Waals surface area contributed by atoms with Gasteiger partial charge in [-0.25, -0.2) is 0 Å². The molecule has 0 radical (unpaired) electrons. The summed E-state index contributed by atoms with van der Waals surface area (Å²) in [6.07, 6.45) is 1.25. The van der Waals surface area contributed by atoms with Crippen LogP contribution in [0.1, 0.15) is 35.4 Å². The molecule has 0 saturated carbocycles. The average molecular weight is 232 g/mol. The van der Waals surface area contributed by atoms with Crippen molar-refractivity contribution < 1.29 is 14.7 Å². The van der Waals surface area contributed by atoms with Crippen molar-refractivity contribution in [2.75, 3.05) is 0 Å². The van der Waals surface area contributed by atoms with E-state index >= 15 is 0 Å². The Hall–Kier alpha value is -2.04. The zero-order chi connectivity index (χ0) is 12.4. The normalized spacial score (nSPS) is 16.2. The quantitative estimate of drug-likeness (QED) is 0.617. The number of aromatic nitrogens is 2. The number of Topliss-reactive ketones (excluding diaryl/α,β-unsaturated/α-hetero) is 2. The van der Waals surface area contributed by atoms with Crippen LogP contribution in [0.3, 0.4) is 0 Å². The van der Waals surface area contributed by atoms with Crippen molar-refractivity contribution in [3.8, 4) is 0 Å². The number of rotatable bonds is 2. The summed E-state index contributed by atoms with van der Waals surface area (Å²) >= 11 is 0. The van der Waals surface area contributed by atoms with Crippen LogP contribution in [0.15, 0.2) is 23.5 Å². The van der Waals surface area contributed by atoms with E-state index < -0.39 is 5.78 Å². The summed E-state index contributed by atoms with van der Waals surface area (Å²) in [5.41, 5.74) is 0.650. The van der Waals surface area contributed by atoms with Gasteiger partial charge in [-0.3, -0.25) is 9.59 Å². The van der Waals surface area contributed by atoms with Crippen molar-refractivity contribution in [3.05, 3.63) is 34.9 Å². The third-order valence-electron chi connectivity index (χ3n) is 2.64. The van der Waals surface area contributed by atoms with Crippen LogP contribution in [-0.2, 0) is 4.79 Å². The first-order valence-corrected chi connectivity index (χ1v) is 5.40. The van der Waals surface area contributed by atoms with Crippen LogP contribution in [-0.4, -0.2) is 26.9 Å². The average Bonchev–Trinajstić information content (AvgIpc) is 2.29. The molecule has 1 aliphatic rings. The van der Waals surface area contributed by atoms with E-state index in [-0.39, 0.29) is 22.8 Å². The molecular formula is C12H12N2O3. The van der Waals surface area contributed by atoms with Gasteiger partial charge in [0.25, 0.3) is 0 Å². The summed E-state index contributed by atoms with van der Waals surface area (Å²) in [7, 11) is 0. The van der Waals surface area contributed by atoms with E-state index in [1.807, 2.05) is 0 Å². The van der Waals surface area contributed by atoms with Crippen molar-refractivity contribution >= 4 is 11.6 Å². The van der Waals surface area contributed by atoms with E-state index in [1.165, 1.54) is 6.07 Å². The van der Waals surface area contributed by atoms with Crippen LogP contribution >= 0.6 is 0 Å². The fourth-order valence-electron chi connectivity index (χ4n) is 1.73. The van der Waals surface area contributed by atoms with Crippen LogP contribution in [0.4, 0.5) is 0 Å². The molecule has 0 fully saturated rings. The van der Waals surface area contributed by atoms with E-state index in [9.17, 15) is 14.7 Å². The Morgan fingerprint density at radius 3 is 2.65 bits per heavy atom. The first kappa shape index (κ1) is 11.4. The molecule has 0 aliphatic heterocycles. The topological polar surface area (TPSA) is 80.1 Å². The molecule has 88 valence electrons. The number of hydrogen-bond donors (Lipinski definition) is 1. The molecule has 1 aliphatic carbocycles. The Morgan fingerprint density at radius 2 is 2.06 bits per heavy atom. The summed E-state index contributed by atoms with van der Waals surface area (Å²) in [6, 6.07) is 3.15. The summed E-state index contributed by atoms with van der Waals surface area (Å²) < 4.78 is 0. The smallest absolute Gasteiger partial charge is 0.220 e. The van der Waals surface area contributed by atoms with E-state index in [1.54, 1.807) is 13.0 Å². The Kier molecular flexibility index (Phi) is 2.99. The second kappa shape index (κ2) is 4.45. The lowest BCUT2D eigenvalue weighted by Gasteiger charge is -2.13. The molecule has 0 unspecified atom stereocenters. The number of allylic oxidation sites excluding steroid dienone is 2. The highest BCUT2D eigenvalue weighted by atomic mass is 16.3. The van der Waals surface area contributed by atoms with Gasteiger partial charge in [-0.1, -0.05) is 0 Å². The van der Waals surface area contributed by atoms with Gasteiger partial charge in [-0.15, -0.1) is 5.10 Å². The van der Waals surface area contributed by atoms with Gasteiger partial charge in [-0.05, 0) is 25.5 Å². The number of carbonyl (C=O) groups excluding carboxylic acids is 2. The Bertz CT molecular complexity index is 503. The van der Waals surface area contributed by atoms with E-state index in [0.717, 1.165) is 0 Å². The number of carbonyl (C=O) groups is 2. The predicted molar refractivity (Wildman–Crippen MR) is 59.6 cm³/mol. The van der Waals surface area contributed by atoms with Crippen molar-refractivity contribution in [2.45, 2.75) is 26.2 Å². The highest BCUT2D eigenvalue weighted by Gasteiger charge is 2.28. The maximum atomic E-state index is 12.0. The SMILES string of the molecule is Cc1ccc(C(=O)C2=C(O)CCCC2=O)nn1. The molecule has 17 heavy (non-hydrogen) atoms. The van der Waals surface area contributed by atoms with Crippen LogP contribution in [0.5, 0.6) is 0 Å². The van der Waals surface area contributed by atoms with Gasteiger partial charge in [-0.2, -0.15) is 5.10 Å². The summed E-state index contributed by atoms with van der Waals surface area (Å²) in [6.45, 7) is 1.75. The van der Waals surface area contributed by atoms with Gasteiger partial charge >= 0.3 is 0 Å². The molecule has 0 saturated heterocycles. The van der Waals surface area contributed by atoms with Crippen molar-refractivity contribution in [3.63, 3.8) is 0 Å². The molecule has 1 heterocycles. The Labute approximate surface area is 98.2 Å². The number of aliphatic hydroxyl groups excluding tert-OH is 1. The zero-order valence-corrected chi connectivity index (χ0v) is 9.43. The van der Waals surface area contributed by atoms with Crippen LogP contribution in [0.2, 0.25) is 0 Å². The first-order chi connectivity index (χ1) is 8.09. The second-order valence-electron chi connectivity index (χ2n) is 3.99. The number of hydrogen-bond acceptors (Lipinski definition) is 5. The molecule has 1 N–H and O–H groups in total. The third kappa shape index (κ3) is 2.22. The highest BCUT2D eigenvalue weighted by molar-refractivity contribution is 6.26. The molecule has 0 spiro atoms. The number of ketones is 2. The molecular weight excluding hydrogens is 220 g/mol. The maximum absolute atomic E-state index is 12.0. The first-order valence-electron chi connectivity index (χ1n) is 5.40. The minimum absolute atomic E-state index is 0.0902. The van der Waals surface area contributed by atoms with Gasteiger partial charge in [0.05, 0.1) is 5.69 Å². The minimum atomic E-state index is -0.542. The van der Waals surface area contributed by atoms with Crippen LogP contribution in [0, 0.1) is 6.92 Å². The summed E-state index contributed by atoms with van der Waals surface area (Å²) in [5.74, 6) is -0.991. The Balaban J connectivity index is 2.37. The highest BCUT2D eigenvalue weighted by Crippen LogP contribution is 2.22. The van der Waals surface area contributed by atoms with Crippen molar-refractivity contribution in [1.29, 1.82) is 0 Å². The van der Waals surface area contributed by atoms with Gasteiger partial charge in [0.15, 0.2) is 5.78 Å². The van der Waals surface area contributed by atoms with Crippen molar-refractivity contribution in [2.24, 2.45) is 0 Å². The van der Waals surface area contributed by atoms with E-state index in [4.69, 9.17) is 0 Å². The maximum Gasteiger partial charge on any atom is 0.220 e. The lowest BCUT2D eigenvalue weighted by atomic mass is 9.92. The number of aryl methyl sites for hydroxylation is 1. The molecule has 0 amide bonds. The lowest BCUT2D eigenvalue weighted by Crippen LogP contribution is -2.20. The number of nitrogens with zero attached hydrogens (tertiary/aromatic N) is 2. The molecule has 0 aromatic carbocycles.